The Hall–Kier alpha value is -2.39. The number of benzene rings is 1. The first-order chi connectivity index (χ1) is 11.9. The fourth-order valence-electron chi connectivity index (χ4n) is 1.79. The first kappa shape index (κ1) is 20.7. The minimum Gasteiger partial charge on any atom is -0.493 e. The number of ether oxygens (including phenoxy) is 3. The Morgan fingerprint density at radius 2 is 2.08 bits per heavy atom. The van der Waals surface area contributed by atoms with Gasteiger partial charge in [-0.3, -0.25) is 4.79 Å². The van der Waals surface area contributed by atoms with Crippen LogP contribution in [0.25, 0.3) is 0 Å². The number of esters is 1. The average Bonchev–Trinajstić information content (AvgIpc) is 2.58. The fraction of sp³-hybridized carbons (Fsp3) is 0.444. The average molecular weight is 368 g/mol. The Morgan fingerprint density at radius 1 is 1.36 bits per heavy atom. The Balaban J connectivity index is 2.78. The van der Waals surface area contributed by atoms with E-state index < -0.39 is 18.5 Å². The Labute approximate surface area is 152 Å². The van der Waals surface area contributed by atoms with E-state index in [0.29, 0.717) is 24.0 Å². The Kier molecular flexibility index (Phi) is 8.65. The van der Waals surface area contributed by atoms with Gasteiger partial charge >= 0.3 is 5.97 Å². The number of hydrogen-bond acceptors (Lipinski definition) is 5. The van der Waals surface area contributed by atoms with Gasteiger partial charge in [0.05, 0.1) is 30.8 Å². The summed E-state index contributed by atoms with van der Waals surface area (Å²) in [6.07, 6.45) is 5.88. The zero-order chi connectivity index (χ0) is 18.8. The maximum Gasteiger partial charge on any atom is 0.338 e. The van der Waals surface area contributed by atoms with Crippen LogP contribution in [0.15, 0.2) is 12.1 Å². The normalized spacial score (nSPS) is 10.1. The third kappa shape index (κ3) is 6.94. The third-order valence-electron chi connectivity index (χ3n) is 3.13. The van der Waals surface area contributed by atoms with Gasteiger partial charge in [0.1, 0.15) is 0 Å². The molecule has 0 spiro atoms. The molecule has 1 amide bonds. The maximum atomic E-state index is 12.1. The lowest BCUT2D eigenvalue weighted by molar-refractivity contribution is -0.123. The molecule has 1 aromatic carbocycles. The highest BCUT2D eigenvalue weighted by atomic mass is 35.5. The van der Waals surface area contributed by atoms with Crippen LogP contribution in [0.4, 0.5) is 0 Å². The number of carbonyl (C=O) groups is 2. The van der Waals surface area contributed by atoms with Crippen LogP contribution in [0, 0.1) is 18.3 Å². The van der Waals surface area contributed by atoms with Crippen LogP contribution in [0.5, 0.6) is 11.5 Å². The van der Waals surface area contributed by atoms with Gasteiger partial charge in [0.15, 0.2) is 18.1 Å². The van der Waals surface area contributed by atoms with Crippen molar-refractivity contribution in [3.05, 3.63) is 22.7 Å². The molecule has 0 aliphatic carbocycles. The van der Waals surface area contributed by atoms with Crippen LogP contribution in [0.3, 0.4) is 0 Å². The molecule has 25 heavy (non-hydrogen) atoms. The van der Waals surface area contributed by atoms with Gasteiger partial charge in [-0.1, -0.05) is 31.4 Å². The van der Waals surface area contributed by atoms with Gasteiger partial charge in [0.25, 0.3) is 5.91 Å². The van der Waals surface area contributed by atoms with Crippen molar-refractivity contribution in [2.45, 2.75) is 20.3 Å². The molecule has 0 aliphatic heterocycles. The van der Waals surface area contributed by atoms with Crippen LogP contribution in [-0.4, -0.2) is 38.7 Å². The number of hydrogen-bond donors (Lipinski definition) is 1. The molecule has 1 N–H and O–H groups in total. The molecule has 0 unspecified atom stereocenters. The summed E-state index contributed by atoms with van der Waals surface area (Å²) in [4.78, 5) is 23.5. The first-order valence-corrected chi connectivity index (χ1v) is 8.14. The minimum atomic E-state index is -0.704. The van der Waals surface area contributed by atoms with Crippen molar-refractivity contribution >= 4 is 23.5 Å². The monoisotopic (exact) mass is 367 g/mol. The molecule has 0 bridgehead atoms. The van der Waals surface area contributed by atoms with Crippen molar-refractivity contribution in [1.29, 1.82) is 0 Å². The van der Waals surface area contributed by atoms with E-state index >= 15 is 0 Å². The number of amides is 1. The van der Waals surface area contributed by atoms with E-state index in [2.05, 4.69) is 25.1 Å². The third-order valence-corrected chi connectivity index (χ3v) is 3.41. The lowest BCUT2D eigenvalue weighted by Gasteiger charge is -2.14. The number of terminal acetylenes is 1. The Bertz CT molecular complexity index is 652. The molecular formula is C18H22ClNO5. The number of carbonyl (C=O) groups excluding carboxylic acids is 2. The van der Waals surface area contributed by atoms with E-state index in [9.17, 15) is 9.59 Å². The number of rotatable bonds is 9. The van der Waals surface area contributed by atoms with Crippen molar-refractivity contribution in [2.75, 3.05) is 26.9 Å². The molecular weight excluding hydrogens is 346 g/mol. The Morgan fingerprint density at radius 3 is 2.68 bits per heavy atom. The fourth-order valence-corrected chi connectivity index (χ4v) is 2.05. The molecule has 0 aromatic heterocycles. The second-order valence-corrected chi connectivity index (χ2v) is 5.98. The molecule has 0 radical (unpaired) electrons. The SMILES string of the molecule is C#CCNC(=O)COC(=O)c1cc(Cl)c(OCCC(C)C)c(OC)c1. The summed E-state index contributed by atoms with van der Waals surface area (Å²) in [6, 6.07) is 2.87. The summed E-state index contributed by atoms with van der Waals surface area (Å²) < 4.78 is 15.8. The molecule has 1 aromatic rings. The summed E-state index contributed by atoms with van der Waals surface area (Å²) in [5.41, 5.74) is 0.155. The second kappa shape index (κ2) is 10.5. The predicted octanol–water partition coefficient (Wildman–Crippen LogP) is 2.68. The molecule has 6 nitrogen and oxygen atoms in total. The van der Waals surface area contributed by atoms with Crippen molar-refractivity contribution in [1.82, 2.24) is 5.32 Å². The van der Waals surface area contributed by atoms with Gasteiger partial charge in [-0.05, 0) is 24.5 Å². The van der Waals surface area contributed by atoms with E-state index in [1.165, 1.54) is 19.2 Å². The van der Waals surface area contributed by atoms with Crippen molar-refractivity contribution in [2.24, 2.45) is 5.92 Å². The van der Waals surface area contributed by atoms with Crippen molar-refractivity contribution in [3.8, 4) is 23.8 Å². The van der Waals surface area contributed by atoms with E-state index in [1.54, 1.807) is 0 Å². The molecule has 136 valence electrons. The quantitative estimate of drug-likeness (QED) is 0.536. The van der Waals surface area contributed by atoms with Gasteiger partial charge in [0, 0.05) is 0 Å². The van der Waals surface area contributed by atoms with Crippen LogP contribution in [-0.2, 0) is 9.53 Å². The number of nitrogens with one attached hydrogen (secondary N) is 1. The van der Waals surface area contributed by atoms with E-state index in [4.69, 9.17) is 32.2 Å². The summed E-state index contributed by atoms with van der Waals surface area (Å²) in [5, 5.41) is 2.62. The van der Waals surface area contributed by atoms with Crippen LogP contribution in [0.2, 0.25) is 5.02 Å². The molecule has 0 atom stereocenters. The van der Waals surface area contributed by atoms with E-state index in [1.807, 2.05) is 0 Å². The largest absolute Gasteiger partial charge is 0.493 e. The van der Waals surface area contributed by atoms with Crippen LogP contribution in [0.1, 0.15) is 30.6 Å². The molecule has 0 fully saturated rings. The molecule has 0 heterocycles. The highest BCUT2D eigenvalue weighted by molar-refractivity contribution is 6.32. The van der Waals surface area contributed by atoms with Crippen LogP contribution >= 0.6 is 11.6 Å². The molecule has 7 heteroatoms. The maximum absolute atomic E-state index is 12.1. The minimum absolute atomic E-state index is 0.0679. The van der Waals surface area contributed by atoms with E-state index in [-0.39, 0.29) is 17.1 Å². The van der Waals surface area contributed by atoms with Gasteiger partial charge in [-0.15, -0.1) is 6.42 Å². The topological polar surface area (TPSA) is 73.9 Å². The number of methoxy groups -OCH3 is 1. The first-order valence-electron chi connectivity index (χ1n) is 7.76. The smallest absolute Gasteiger partial charge is 0.338 e. The number of halogens is 1. The highest BCUT2D eigenvalue weighted by Crippen LogP contribution is 2.36. The summed E-state index contributed by atoms with van der Waals surface area (Å²) >= 11 is 6.19. The zero-order valence-corrected chi connectivity index (χ0v) is 15.3. The molecule has 0 saturated carbocycles. The van der Waals surface area contributed by atoms with Crippen molar-refractivity contribution < 1.29 is 23.8 Å². The molecule has 1 rings (SSSR count). The highest BCUT2D eigenvalue weighted by Gasteiger charge is 2.17. The van der Waals surface area contributed by atoms with Gasteiger partial charge in [-0.2, -0.15) is 0 Å². The van der Waals surface area contributed by atoms with E-state index in [0.717, 1.165) is 6.42 Å². The van der Waals surface area contributed by atoms with Gasteiger partial charge < -0.3 is 19.5 Å². The predicted molar refractivity (Wildman–Crippen MR) is 95.1 cm³/mol. The van der Waals surface area contributed by atoms with Gasteiger partial charge in [0.2, 0.25) is 0 Å². The summed E-state index contributed by atoms with van der Waals surface area (Å²) in [7, 11) is 1.45. The molecule has 0 saturated heterocycles. The summed E-state index contributed by atoms with van der Waals surface area (Å²) in [5.74, 6) is 2.23. The lowest BCUT2D eigenvalue weighted by atomic mass is 10.1. The molecule has 0 aliphatic rings. The van der Waals surface area contributed by atoms with Gasteiger partial charge in [-0.25, -0.2) is 4.79 Å². The standard InChI is InChI=1S/C18H22ClNO5/c1-5-7-20-16(21)11-25-18(22)13-9-14(19)17(15(10-13)23-4)24-8-6-12(2)3/h1,9-10,12H,6-8,11H2,2-4H3,(H,20,21). The lowest BCUT2D eigenvalue weighted by Crippen LogP contribution is -2.29. The van der Waals surface area contributed by atoms with Crippen LogP contribution < -0.4 is 14.8 Å². The second-order valence-electron chi connectivity index (χ2n) is 5.58. The van der Waals surface area contributed by atoms with Crippen molar-refractivity contribution in [3.63, 3.8) is 0 Å². The summed E-state index contributed by atoms with van der Waals surface area (Å²) in [6.45, 7) is 4.28. The zero-order valence-electron chi connectivity index (χ0n) is 14.6.